The number of fused-ring (bicyclic) bond motifs is 1. The highest BCUT2D eigenvalue weighted by molar-refractivity contribution is 7.23. The monoisotopic (exact) mass is 467 g/mol. The van der Waals surface area contributed by atoms with Gasteiger partial charge in [0.15, 0.2) is 5.13 Å². The smallest absolute Gasteiger partial charge is 0.257 e. The van der Waals surface area contributed by atoms with Gasteiger partial charge in [-0.05, 0) is 24.1 Å². The highest BCUT2D eigenvalue weighted by Crippen LogP contribution is 2.38. The Hall–Kier alpha value is -3.24. The van der Waals surface area contributed by atoms with Crippen LogP contribution in [0.1, 0.15) is 28.8 Å². The molecule has 2 aliphatic heterocycles. The van der Waals surface area contributed by atoms with E-state index in [-0.39, 0.29) is 11.8 Å². The van der Waals surface area contributed by atoms with Crippen molar-refractivity contribution in [1.29, 1.82) is 0 Å². The first-order valence-electron chi connectivity index (χ1n) is 11.0. The van der Waals surface area contributed by atoms with Crippen LogP contribution in [0.5, 0.6) is 5.88 Å². The van der Waals surface area contributed by atoms with Gasteiger partial charge in [0.05, 0.1) is 36.9 Å². The number of methoxy groups -OCH3 is 1. The molecule has 9 nitrogen and oxygen atoms in total. The molecule has 0 unspecified atom stereocenters. The highest BCUT2D eigenvalue weighted by atomic mass is 32.1. The van der Waals surface area contributed by atoms with Gasteiger partial charge in [-0.25, -0.2) is 9.97 Å². The lowest BCUT2D eigenvalue weighted by Crippen LogP contribution is -2.36. The summed E-state index contributed by atoms with van der Waals surface area (Å²) in [5, 5.41) is 3.39. The third-order valence-corrected chi connectivity index (χ3v) is 6.89. The Morgan fingerprint density at radius 1 is 1.21 bits per heavy atom. The number of hydrogen-bond acceptors (Lipinski definition) is 8. The first-order valence-corrected chi connectivity index (χ1v) is 11.8. The molecule has 0 aliphatic carbocycles. The second kappa shape index (κ2) is 9.32. The number of thiazole rings is 1. The number of aromatic nitrogens is 2. The van der Waals surface area contributed by atoms with Crippen LogP contribution in [0.4, 0.5) is 10.8 Å². The number of likely N-dealkylation sites (tertiary alicyclic amines) is 1. The number of morpholine rings is 1. The molecule has 2 fully saturated rings. The van der Waals surface area contributed by atoms with Crippen molar-refractivity contribution in [3.05, 3.63) is 41.6 Å². The zero-order chi connectivity index (χ0) is 22.8. The molecule has 0 atom stereocenters. The number of nitrogens with one attached hydrogen (secondary N) is 1. The molecule has 0 saturated carbocycles. The van der Waals surface area contributed by atoms with Gasteiger partial charge in [-0.3, -0.25) is 14.9 Å². The Kier molecular flexibility index (Phi) is 6.10. The van der Waals surface area contributed by atoms with Crippen molar-refractivity contribution < 1.29 is 19.1 Å². The molecule has 0 bridgehead atoms. The minimum Gasteiger partial charge on any atom is -0.479 e. The predicted molar refractivity (Wildman–Crippen MR) is 126 cm³/mol. The molecule has 33 heavy (non-hydrogen) atoms. The fraction of sp³-hybridized carbons (Fsp3) is 0.391. The zero-order valence-corrected chi connectivity index (χ0v) is 19.2. The number of rotatable bonds is 6. The maximum absolute atomic E-state index is 12.9. The maximum atomic E-state index is 12.9. The van der Waals surface area contributed by atoms with E-state index in [0.29, 0.717) is 48.3 Å². The lowest BCUT2D eigenvalue weighted by Gasteiger charge is -2.28. The summed E-state index contributed by atoms with van der Waals surface area (Å²) in [5.41, 5.74) is 3.14. The second-order valence-corrected chi connectivity index (χ2v) is 9.02. The number of carbonyl (C=O) groups is 2. The number of hydrogen-bond donors (Lipinski definition) is 1. The molecule has 2 amide bonds. The quantitative estimate of drug-likeness (QED) is 0.595. The first-order chi connectivity index (χ1) is 16.1. The van der Waals surface area contributed by atoms with Crippen LogP contribution < -0.4 is 15.0 Å². The molecule has 3 aromatic rings. The summed E-state index contributed by atoms with van der Waals surface area (Å²) in [5.74, 6) is 0.381. The second-order valence-electron chi connectivity index (χ2n) is 8.02. The highest BCUT2D eigenvalue weighted by Gasteiger charge is 2.22. The minimum atomic E-state index is -0.238. The largest absolute Gasteiger partial charge is 0.479 e. The number of nitrogens with zero attached hydrogens (tertiary/aromatic N) is 4. The molecule has 172 valence electrons. The lowest BCUT2D eigenvalue weighted by molar-refractivity contribution is -0.128. The number of amides is 2. The Morgan fingerprint density at radius 3 is 2.70 bits per heavy atom. The van der Waals surface area contributed by atoms with Gasteiger partial charge in [-0.1, -0.05) is 23.5 Å². The maximum Gasteiger partial charge on any atom is 0.257 e. The van der Waals surface area contributed by atoms with Gasteiger partial charge in [0.1, 0.15) is 5.52 Å². The van der Waals surface area contributed by atoms with Crippen molar-refractivity contribution in [1.82, 2.24) is 14.9 Å². The van der Waals surface area contributed by atoms with Crippen molar-refractivity contribution in [2.45, 2.75) is 19.4 Å². The average Bonchev–Trinajstić information content (AvgIpc) is 3.45. The van der Waals surface area contributed by atoms with Crippen LogP contribution in [-0.4, -0.2) is 66.6 Å². The van der Waals surface area contributed by atoms with Gasteiger partial charge in [-0.2, -0.15) is 0 Å². The van der Waals surface area contributed by atoms with Crippen molar-refractivity contribution in [3.8, 4) is 5.88 Å². The summed E-state index contributed by atoms with van der Waals surface area (Å²) in [6, 6.07) is 7.34. The number of benzene rings is 1. The number of pyridine rings is 1. The van der Waals surface area contributed by atoms with Gasteiger partial charge in [0.25, 0.3) is 5.91 Å². The zero-order valence-electron chi connectivity index (χ0n) is 18.4. The Balaban J connectivity index is 1.34. The summed E-state index contributed by atoms with van der Waals surface area (Å²) in [6.07, 6.45) is 3.32. The lowest BCUT2D eigenvalue weighted by atomic mass is 10.1. The van der Waals surface area contributed by atoms with E-state index in [2.05, 4.69) is 20.2 Å². The van der Waals surface area contributed by atoms with E-state index in [1.807, 2.05) is 17.0 Å². The van der Waals surface area contributed by atoms with Gasteiger partial charge in [0.2, 0.25) is 11.8 Å². The molecule has 2 aromatic heterocycles. The molecule has 1 N–H and O–H groups in total. The van der Waals surface area contributed by atoms with Crippen molar-refractivity contribution in [2.75, 3.05) is 50.2 Å². The van der Waals surface area contributed by atoms with Crippen LogP contribution in [0, 0.1) is 0 Å². The average molecular weight is 468 g/mol. The summed E-state index contributed by atoms with van der Waals surface area (Å²) in [7, 11) is 1.56. The van der Waals surface area contributed by atoms with E-state index in [1.54, 1.807) is 25.4 Å². The summed E-state index contributed by atoms with van der Waals surface area (Å²) in [4.78, 5) is 37.8. The number of ether oxygens (including phenoxy) is 2. The SMILES string of the molecule is COc1ncc(N2CCOCC2)c2sc(NC(=O)c3ccc(CN4CCCC4=O)cc3)nc12. The fourth-order valence-electron chi connectivity index (χ4n) is 4.13. The van der Waals surface area contributed by atoms with Crippen molar-refractivity contribution in [2.24, 2.45) is 0 Å². The number of anilines is 2. The summed E-state index contributed by atoms with van der Waals surface area (Å²) in [6.45, 7) is 4.25. The molecule has 2 aliphatic rings. The van der Waals surface area contributed by atoms with E-state index in [9.17, 15) is 9.59 Å². The Morgan fingerprint density at radius 2 is 2.00 bits per heavy atom. The molecule has 5 rings (SSSR count). The van der Waals surface area contributed by atoms with Crippen LogP contribution in [0.3, 0.4) is 0 Å². The third-order valence-electron chi connectivity index (χ3n) is 5.89. The fourth-order valence-corrected chi connectivity index (χ4v) is 5.12. The van der Waals surface area contributed by atoms with Gasteiger partial charge >= 0.3 is 0 Å². The van der Waals surface area contributed by atoms with E-state index >= 15 is 0 Å². The van der Waals surface area contributed by atoms with Crippen LogP contribution >= 0.6 is 11.3 Å². The molecule has 1 aromatic carbocycles. The topological polar surface area (TPSA) is 96.9 Å². The molecule has 0 spiro atoms. The van der Waals surface area contributed by atoms with E-state index < -0.39 is 0 Å². The molecule has 10 heteroatoms. The van der Waals surface area contributed by atoms with Crippen LogP contribution in [0.15, 0.2) is 30.5 Å². The Bertz CT molecular complexity index is 1170. The normalized spacial score (nSPS) is 16.5. The van der Waals surface area contributed by atoms with Crippen molar-refractivity contribution in [3.63, 3.8) is 0 Å². The van der Waals surface area contributed by atoms with Gasteiger partial charge in [-0.15, -0.1) is 0 Å². The first kappa shape index (κ1) is 21.6. The standard InChI is InChI=1S/C23H25N5O4S/c1-31-22-19-20(17(13-24-22)27-9-11-32-12-10-27)33-23(25-19)26-21(30)16-6-4-15(5-7-16)14-28-8-2-3-18(28)29/h4-7,13H,2-3,8-12,14H2,1H3,(H,25,26,30). The molecular weight excluding hydrogens is 442 g/mol. The van der Waals surface area contributed by atoms with E-state index in [0.717, 1.165) is 42.0 Å². The van der Waals surface area contributed by atoms with Crippen LogP contribution in [0.2, 0.25) is 0 Å². The predicted octanol–water partition coefficient (Wildman–Crippen LogP) is 2.91. The van der Waals surface area contributed by atoms with Crippen LogP contribution in [0.25, 0.3) is 10.2 Å². The minimum absolute atomic E-state index is 0.189. The molecule has 0 radical (unpaired) electrons. The van der Waals surface area contributed by atoms with Crippen molar-refractivity contribution >= 4 is 44.2 Å². The van der Waals surface area contributed by atoms with E-state index in [4.69, 9.17) is 9.47 Å². The van der Waals surface area contributed by atoms with Gasteiger partial charge < -0.3 is 19.3 Å². The number of carbonyl (C=O) groups excluding carboxylic acids is 2. The van der Waals surface area contributed by atoms with E-state index in [1.165, 1.54) is 11.3 Å². The summed E-state index contributed by atoms with van der Waals surface area (Å²) < 4.78 is 11.8. The Labute approximate surface area is 195 Å². The summed E-state index contributed by atoms with van der Waals surface area (Å²) >= 11 is 1.41. The van der Waals surface area contributed by atoms with Gasteiger partial charge in [0, 0.05) is 38.2 Å². The molecule has 4 heterocycles. The molecule has 2 saturated heterocycles. The molecular formula is C23H25N5O4S. The third kappa shape index (κ3) is 4.49. The van der Waals surface area contributed by atoms with Crippen LogP contribution in [-0.2, 0) is 16.1 Å².